The molecule has 0 unspecified atom stereocenters. The Morgan fingerprint density at radius 2 is 2.05 bits per heavy atom. The fourth-order valence-electron chi connectivity index (χ4n) is 1.48. The Balaban J connectivity index is 0.00000172. The summed E-state index contributed by atoms with van der Waals surface area (Å²) in [5.41, 5.74) is 1.44. The maximum absolute atomic E-state index is 11.5. The lowest BCUT2D eigenvalue weighted by molar-refractivity contribution is 0.0526. The Morgan fingerprint density at radius 3 is 2.55 bits per heavy atom. The molecule has 114 valence electrons. The van der Waals surface area contributed by atoms with Crippen LogP contribution in [-0.4, -0.2) is 49.6 Å². The molecule has 0 aliphatic rings. The minimum absolute atomic E-state index is 0.326. The van der Waals surface area contributed by atoms with Gasteiger partial charge in [0.05, 0.1) is 12.2 Å². The van der Waals surface area contributed by atoms with E-state index >= 15 is 0 Å². The summed E-state index contributed by atoms with van der Waals surface area (Å²) in [7, 11) is 4.04. The van der Waals surface area contributed by atoms with Crippen LogP contribution < -0.4 is 5.32 Å². The van der Waals surface area contributed by atoms with Crippen LogP contribution in [0.15, 0.2) is 12.3 Å². The average molecular weight is 281 g/mol. The van der Waals surface area contributed by atoms with Crippen molar-refractivity contribution >= 4 is 11.8 Å². The number of nitrogens with zero attached hydrogens (tertiary/aromatic N) is 2. The SMILES string of the molecule is CC.CCOC(=O)c1cnc(NCCN(C)C)c(C)c1. The molecule has 0 atom stereocenters. The molecule has 5 nitrogen and oxygen atoms in total. The second kappa shape index (κ2) is 10.2. The summed E-state index contributed by atoms with van der Waals surface area (Å²) in [6.07, 6.45) is 1.54. The van der Waals surface area contributed by atoms with Gasteiger partial charge in [-0.25, -0.2) is 9.78 Å². The Morgan fingerprint density at radius 1 is 1.40 bits per heavy atom. The number of hydrogen-bond donors (Lipinski definition) is 1. The summed E-state index contributed by atoms with van der Waals surface area (Å²) in [5, 5.41) is 3.24. The maximum atomic E-state index is 11.5. The van der Waals surface area contributed by atoms with Crippen molar-refractivity contribution in [3.8, 4) is 0 Å². The van der Waals surface area contributed by atoms with Crippen molar-refractivity contribution in [3.63, 3.8) is 0 Å². The zero-order chi connectivity index (χ0) is 15.5. The lowest BCUT2D eigenvalue weighted by atomic mass is 10.2. The van der Waals surface area contributed by atoms with Crippen molar-refractivity contribution in [1.29, 1.82) is 0 Å². The van der Waals surface area contributed by atoms with Crippen molar-refractivity contribution in [3.05, 3.63) is 23.4 Å². The zero-order valence-corrected chi connectivity index (χ0v) is 13.5. The van der Waals surface area contributed by atoms with Crippen LogP contribution in [-0.2, 0) is 4.74 Å². The second-order valence-corrected chi connectivity index (χ2v) is 4.34. The molecule has 5 heteroatoms. The number of nitrogens with one attached hydrogen (secondary N) is 1. The molecule has 1 rings (SSSR count). The molecule has 0 amide bonds. The molecule has 0 saturated heterocycles. The molecule has 0 aliphatic heterocycles. The van der Waals surface area contributed by atoms with E-state index in [1.807, 2.05) is 34.9 Å². The first-order chi connectivity index (χ1) is 9.54. The summed E-state index contributed by atoms with van der Waals surface area (Å²) in [5.74, 6) is 0.484. The number of pyridine rings is 1. The van der Waals surface area contributed by atoms with Gasteiger partial charge in [0.15, 0.2) is 0 Å². The van der Waals surface area contributed by atoms with E-state index in [9.17, 15) is 4.79 Å². The Kier molecular flexibility index (Phi) is 9.38. The van der Waals surface area contributed by atoms with Crippen LogP contribution in [0.4, 0.5) is 5.82 Å². The predicted molar refractivity (Wildman–Crippen MR) is 83.3 cm³/mol. The van der Waals surface area contributed by atoms with Crippen LogP contribution >= 0.6 is 0 Å². The standard InChI is InChI=1S/C13H21N3O2.C2H6/c1-5-18-13(17)11-8-10(2)12(15-9-11)14-6-7-16(3)4;1-2/h8-9H,5-7H2,1-4H3,(H,14,15);1-2H3. The average Bonchev–Trinajstić information content (AvgIpc) is 2.42. The summed E-state index contributed by atoms with van der Waals surface area (Å²) < 4.78 is 4.93. The van der Waals surface area contributed by atoms with Gasteiger partial charge >= 0.3 is 5.97 Å². The highest BCUT2D eigenvalue weighted by atomic mass is 16.5. The number of anilines is 1. The number of aryl methyl sites for hydroxylation is 1. The second-order valence-electron chi connectivity index (χ2n) is 4.34. The quantitative estimate of drug-likeness (QED) is 0.812. The van der Waals surface area contributed by atoms with Crippen molar-refractivity contribution in [2.24, 2.45) is 0 Å². The van der Waals surface area contributed by atoms with Crippen LogP contribution in [0.25, 0.3) is 0 Å². The maximum Gasteiger partial charge on any atom is 0.339 e. The van der Waals surface area contributed by atoms with Crippen molar-refractivity contribution < 1.29 is 9.53 Å². The van der Waals surface area contributed by atoms with Crippen molar-refractivity contribution in [1.82, 2.24) is 9.88 Å². The number of ether oxygens (including phenoxy) is 1. The van der Waals surface area contributed by atoms with E-state index in [0.717, 1.165) is 24.5 Å². The first-order valence-electron chi connectivity index (χ1n) is 7.07. The lowest BCUT2D eigenvalue weighted by Crippen LogP contribution is -2.21. The molecule has 0 aliphatic carbocycles. The van der Waals surface area contributed by atoms with Gasteiger partial charge in [0.25, 0.3) is 0 Å². The number of aromatic nitrogens is 1. The topological polar surface area (TPSA) is 54.5 Å². The summed E-state index contributed by atoms with van der Waals surface area (Å²) in [4.78, 5) is 17.9. The first-order valence-corrected chi connectivity index (χ1v) is 7.07. The number of esters is 1. The normalized spacial score (nSPS) is 9.75. The smallest absolute Gasteiger partial charge is 0.339 e. The number of rotatable bonds is 6. The molecule has 0 aromatic carbocycles. The van der Waals surface area contributed by atoms with Crippen LogP contribution in [0, 0.1) is 6.92 Å². The highest BCUT2D eigenvalue weighted by Gasteiger charge is 2.09. The zero-order valence-electron chi connectivity index (χ0n) is 13.5. The molecular formula is C15H27N3O2. The van der Waals surface area contributed by atoms with E-state index in [1.54, 1.807) is 19.2 Å². The van der Waals surface area contributed by atoms with Gasteiger partial charge in [0.1, 0.15) is 5.82 Å². The largest absolute Gasteiger partial charge is 0.462 e. The highest BCUT2D eigenvalue weighted by molar-refractivity contribution is 5.89. The molecule has 1 heterocycles. The summed E-state index contributed by atoms with van der Waals surface area (Å²) in [6, 6.07) is 1.79. The van der Waals surface area contributed by atoms with Gasteiger partial charge in [-0.15, -0.1) is 0 Å². The summed E-state index contributed by atoms with van der Waals surface area (Å²) in [6.45, 7) is 9.84. The van der Waals surface area contributed by atoms with E-state index in [2.05, 4.69) is 15.2 Å². The minimum atomic E-state index is -0.326. The minimum Gasteiger partial charge on any atom is -0.462 e. The highest BCUT2D eigenvalue weighted by Crippen LogP contribution is 2.13. The molecule has 0 saturated carbocycles. The molecule has 1 aromatic rings. The molecule has 1 aromatic heterocycles. The third-order valence-electron chi connectivity index (χ3n) is 2.44. The Bertz CT molecular complexity index is 406. The van der Waals surface area contributed by atoms with Crippen molar-refractivity contribution in [2.75, 3.05) is 39.1 Å². The van der Waals surface area contributed by atoms with Gasteiger partial charge in [-0.05, 0) is 39.6 Å². The summed E-state index contributed by atoms with van der Waals surface area (Å²) >= 11 is 0. The number of likely N-dealkylation sites (N-methyl/N-ethyl adjacent to an activating group) is 1. The fraction of sp³-hybridized carbons (Fsp3) is 0.600. The molecular weight excluding hydrogens is 254 g/mol. The number of carbonyl (C=O) groups is 1. The molecule has 0 spiro atoms. The van der Waals surface area contributed by atoms with E-state index < -0.39 is 0 Å². The third-order valence-corrected chi connectivity index (χ3v) is 2.44. The molecule has 20 heavy (non-hydrogen) atoms. The predicted octanol–water partition coefficient (Wildman–Crippen LogP) is 2.57. The van der Waals surface area contributed by atoms with Crippen LogP contribution in [0.2, 0.25) is 0 Å². The Labute approximate surface area is 122 Å². The van der Waals surface area contributed by atoms with Crippen molar-refractivity contribution in [2.45, 2.75) is 27.7 Å². The van der Waals surface area contributed by atoms with E-state index in [-0.39, 0.29) is 5.97 Å². The van der Waals surface area contributed by atoms with E-state index in [0.29, 0.717) is 12.2 Å². The van der Waals surface area contributed by atoms with Gasteiger partial charge in [-0.3, -0.25) is 0 Å². The number of carbonyl (C=O) groups excluding carboxylic acids is 1. The first kappa shape index (κ1) is 18.4. The third kappa shape index (κ3) is 6.52. The molecule has 0 radical (unpaired) electrons. The van der Waals surface area contributed by atoms with Crippen LogP contribution in [0.3, 0.4) is 0 Å². The molecule has 0 bridgehead atoms. The van der Waals surface area contributed by atoms with E-state index in [1.165, 1.54) is 0 Å². The molecule has 1 N–H and O–H groups in total. The van der Waals surface area contributed by atoms with Gasteiger partial charge in [-0.1, -0.05) is 13.8 Å². The van der Waals surface area contributed by atoms with Gasteiger partial charge in [0, 0.05) is 19.3 Å². The van der Waals surface area contributed by atoms with Crippen LogP contribution in [0.1, 0.15) is 36.7 Å². The van der Waals surface area contributed by atoms with Crippen LogP contribution in [0.5, 0.6) is 0 Å². The monoisotopic (exact) mass is 281 g/mol. The fourth-order valence-corrected chi connectivity index (χ4v) is 1.48. The number of hydrogen-bond acceptors (Lipinski definition) is 5. The van der Waals surface area contributed by atoms with E-state index in [4.69, 9.17) is 4.74 Å². The molecule has 0 fully saturated rings. The lowest BCUT2D eigenvalue weighted by Gasteiger charge is -2.12. The Hall–Kier alpha value is -1.62. The van der Waals surface area contributed by atoms with Gasteiger partial charge in [-0.2, -0.15) is 0 Å². The van der Waals surface area contributed by atoms with Gasteiger partial charge in [0.2, 0.25) is 0 Å². The van der Waals surface area contributed by atoms with Gasteiger partial charge < -0.3 is 15.0 Å².